The molecule has 0 fully saturated rings. The van der Waals surface area contributed by atoms with Crippen LogP contribution in [-0.4, -0.2) is 4.57 Å². The van der Waals surface area contributed by atoms with Crippen LogP contribution < -0.4 is 9.80 Å². The predicted molar refractivity (Wildman–Crippen MR) is 293 cm³/mol. The third kappa shape index (κ3) is 6.66. The molecule has 1 aliphatic carbocycles. The maximum absolute atomic E-state index is 9.95. The third-order valence-corrected chi connectivity index (χ3v) is 13.9. The van der Waals surface area contributed by atoms with Gasteiger partial charge in [-0.15, -0.1) is 0 Å². The first-order chi connectivity index (χ1) is 36.8. The number of hydrogen-bond acceptors (Lipinski definition) is 2. The number of nitrogens with zero attached hydrogens (tertiary/aromatic N) is 3. The standard InChI is InChI=1S/C67H47N3/c1-7-23-48(24-8-1)57-35-19-21-37-64(57)69(53-31-15-5-16-32-53)56-41-43-63-60(47-56)59-46-55(68(51-27-11-3-12-28-51)52-29-13-4-14-30-52)40-42-62(59)67(63,49-25-9-2-10-26-49)50-39-44-66-61(45-50)58-36-20-22-38-65(58)70(66)54-33-17-6-18-34-54/h1-47H/i2D,9D,10D,25D,26D. The monoisotopic (exact) mass is 898 g/mol. The van der Waals surface area contributed by atoms with Gasteiger partial charge in [0.1, 0.15) is 0 Å². The van der Waals surface area contributed by atoms with E-state index in [-0.39, 0.29) is 29.7 Å². The van der Waals surface area contributed by atoms with Crippen molar-refractivity contribution in [2.75, 3.05) is 9.80 Å². The molecule has 3 nitrogen and oxygen atoms in total. The molecule has 0 N–H and O–H groups in total. The molecule has 11 aromatic carbocycles. The van der Waals surface area contributed by atoms with Gasteiger partial charge in [-0.05, 0) is 136 Å². The molecule has 0 radical (unpaired) electrons. The summed E-state index contributed by atoms with van der Waals surface area (Å²) in [6.07, 6.45) is 0. The third-order valence-electron chi connectivity index (χ3n) is 13.9. The van der Waals surface area contributed by atoms with Crippen LogP contribution in [0, 0.1) is 0 Å². The van der Waals surface area contributed by atoms with Crippen LogP contribution in [-0.2, 0) is 5.41 Å². The van der Waals surface area contributed by atoms with Crippen LogP contribution in [0.4, 0.5) is 34.1 Å². The van der Waals surface area contributed by atoms with Gasteiger partial charge in [-0.25, -0.2) is 0 Å². The Bertz CT molecular complexity index is 4060. The van der Waals surface area contributed by atoms with Crippen molar-refractivity contribution in [1.82, 2.24) is 4.57 Å². The van der Waals surface area contributed by atoms with E-state index in [9.17, 15) is 5.48 Å². The van der Waals surface area contributed by atoms with Gasteiger partial charge in [-0.3, -0.25) is 0 Å². The van der Waals surface area contributed by atoms with Crippen molar-refractivity contribution >= 4 is 55.9 Å². The topological polar surface area (TPSA) is 11.4 Å². The molecule has 0 bridgehead atoms. The summed E-state index contributed by atoms with van der Waals surface area (Å²) < 4.78 is 49.6. The number of fused-ring (bicyclic) bond motifs is 6. The summed E-state index contributed by atoms with van der Waals surface area (Å²) in [6, 6.07) is 86.3. The number of para-hydroxylation sites is 6. The SMILES string of the molecule is [2H]c1c([2H])c([2H])c(C2(c3ccc4c(c3)c3ccccc3n4-c3ccccc3)c3ccc(N(c4ccccc4)c4ccccc4)cc3-c3cc(N(c4ccccc4)c4ccccc4-c4ccccc4)ccc32)c([2H])c1[2H]. The molecule has 1 aromatic heterocycles. The van der Waals surface area contributed by atoms with Gasteiger partial charge in [-0.1, -0.05) is 188 Å². The van der Waals surface area contributed by atoms with Crippen molar-refractivity contribution in [3.63, 3.8) is 0 Å². The average molecular weight is 899 g/mol. The lowest BCUT2D eigenvalue weighted by Crippen LogP contribution is -2.28. The maximum Gasteiger partial charge on any atom is 0.0713 e. The van der Waals surface area contributed by atoms with E-state index in [1.165, 1.54) is 0 Å². The summed E-state index contributed by atoms with van der Waals surface area (Å²) >= 11 is 0. The van der Waals surface area contributed by atoms with E-state index < -0.39 is 11.5 Å². The van der Waals surface area contributed by atoms with Crippen LogP contribution in [0.2, 0.25) is 0 Å². The number of hydrogen-bond donors (Lipinski definition) is 0. The van der Waals surface area contributed by atoms with Gasteiger partial charge >= 0.3 is 0 Å². The Morgan fingerprint density at radius 1 is 0.343 bits per heavy atom. The first-order valence-corrected chi connectivity index (χ1v) is 23.7. The molecule has 330 valence electrons. The van der Waals surface area contributed by atoms with Crippen LogP contribution in [0.3, 0.4) is 0 Å². The fraction of sp³-hybridized carbons (Fsp3) is 0.0149. The number of benzene rings is 11. The van der Waals surface area contributed by atoms with E-state index in [1.54, 1.807) is 0 Å². The molecule has 1 aliphatic rings. The second-order valence-corrected chi connectivity index (χ2v) is 17.7. The van der Waals surface area contributed by atoms with Crippen LogP contribution >= 0.6 is 0 Å². The molecule has 1 unspecified atom stereocenters. The van der Waals surface area contributed by atoms with Gasteiger partial charge in [0, 0.05) is 50.5 Å². The second-order valence-electron chi connectivity index (χ2n) is 17.7. The largest absolute Gasteiger partial charge is 0.310 e. The van der Waals surface area contributed by atoms with Crippen LogP contribution in [0.25, 0.3) is 49.7 Å². The molecule has 0 saturated heterocycles. The Kier molecular flexibility index (Phi) is 8.81. The van der Waals surface area contributed by atoms with Crippen LogP contribution in [0.5, 0.6) is 0 Å². The van der Waals surface area contributed by atoms with E-state index in [4.69, 9.17) is 1.37 Å². The molecule has 1 heterocycles. The highest BCUT2D eigenvalue weighted by Crippen LogP contribution is 2.59. The van der Waals surface area contributed by atoms with Gasteiger partial charge in [0.25, 0.3) is 0 Å². The van der Waals surface area contributed by atoms with Crippen molar-refractivity contribution in [1.29, 1.82) is 0 Å². The molecule has 0 amide bonds. The number of rotatable bonds is 10. The fourth-order valence-corrected chi connectivity index (χ4v) is 10.9. The molecule has 12 aromatic rings. The molecular weight excluding hydrogens is 847 g/mol. The van der Waals surface area contributed by atoms with Gasteiger partial charge in [0.05, 0.1) is 29.0 Å². The Morgan fingerprint density at radius 3 is 1.47 bits per heavy atom. The van der Waals surface area contributed by atoms with E-state index in [2.05, 4.69) is 202 Å². The van der Waals surface area contributed by atoms with E-state index >= 15 is 0 Å². The summed E-state index contributed by atoms with van der Waals surface area (Å²) in [7, 11) is 0. The van der Waals surface area contributed by atoms with Crippen molar-refractivity contribution < 1.29 is 6.85 Å². The first kappa shape index (κ1) is 35.9. The predicted octanol–water partition coefficient (Wildman–Crippen LogP) is 17.8. The first-order valence-electron chi connectivity index (χ1n) is 26.2. The van der Waals surface area contributed by atoms with Gasteiger partial charge < -0.3 is 14.4 Å². The molecule has 0 aliphatic heterocycles. The van der Waals surface area contributed by atoms with Crippen LogP contribution in [0.1, 0.15) is 29.1 Å². The van der Waals surface area contributed by atoms with Crippen molar-refractivity contribution in [2.45, 2.75) is 5.41 Å². The smallest absolute Gasteiger partial charge is 0.0713 e. The zero-order valence-electron chi connectivity index (χ0n) is 43.1. The molecule has 13 rings (SSSR count). The van der Waals surface area contributed by atoms with Crippen molar-refractivity contribution in [2.24, 2.45) is 0 Å². The van der Waals surface area contributed by atoms with E-state index in [0.717, 1.165) is 101 Å². The lowest BCUT2D eigenvalue weighted by Gasteiger charge is -2.35. The number of aromatic nitrogens is 1. The lowest BCUT2D eigenvalue weighted by atomic mass is 9.67. The van der Waals surface area contributed by atoms with Crippen molar-refractivity contribution in [3.05, 3.63) is 307 Å². The highest BCUT2D eigenvalue weighted by atomic mass is 15.1. The molecule has 1 atom stereocenters. The minimum atomic E-state index is -1.41. The molecule has 0 saturated carbocycles. The summed E-state index contributed by atoms with van der Waals surface area (Å²) in [5.74, 6) is 0. The summed E-state index contributed by atoms with van der Waals surface area (Å²) in [4.78, 5) is 4.53. The summed E-state index contributed by atoms with van der Waals surface area (Å²) in [6.45, 7) is 0. The van der Waals surface area contributed by atoms with E-state index in [0.29, 0.717) is 0 Å². The Morgan fingerprint density at radius 2 is 0.843 bits per heavy atom. The van der Waals surface area contributed by atoms with Gasteiger partial charge in [0.2, 0.25) is 0 Å². The highest BCUT2D eigenvalue weighted by molar-refractivity contribution is 6.10. The fourth-order valence-electron chi connectivity index (χ4n) is 10.9. The Balaban J connectivity index is 1.16. The minimum Gasteiger partial charge on any atom is -0.310 e. The Hall–Kier alpha value is -9.18. The second kappa shape index (κ2) is 17.2. The van der Waals surface area contributed by atoms with Crippen molar-refractivity contribution in [3.8, 4) is 27.9 Å². The normalized spacial score (nSPS) is 14.8. The molecule has 0 spiro atoms. The zero-order chi connectivity index (χ0) is 50.8. The summed E-state index contributed by atoms with van der Waals surface area (Å²) in [5.41, 5.74) is 13.8. The zero-order valence-corrected chi connectivity index (χ0v) is 38.1. The Labute approximate surface area is 416 Å². The average Bonchev–Trinajstić information content (AvgIpc) is 4.15. The van der Waals surface area contributed by atoms with Crippen LogP contribution in [0.15, 0.2) is 285 Å². The maximum atomic E-state index is 9.95. The molecule has 3 heteroatoms. The summed E-state index contributed by atoms with van der Waals surface area (Å²) in [5, 5.41) is 2.02. The van der Waals surface area contributed by atoms with Gasteiger partial charge in [-0.2, -0.15) is 0 Å². The number of anilines is 6. The molecular formula is C67H47N3. The highest BCUT2D eigenvalue weighted by Gasteiger charge is 2.47. The molecule has 70 heavy (non-hydrogen) atoms. The van der Waals surface area contributed by atoms with E-state index in [1.807, 2.05) is 66.7 Å². The quantitative estimate of drug-likeness (QED) is 0.135. The minimum absolute atomic E-state index is 0.192. The lowest BCUT2D eigenvalue weighted by molar-refractivity contribution is 0.770. The van der Waals surface area contributed by atoms with Gasteiger partial charge in [0.15, 0.2) is 0 Å².